The predicted molar refractivity (Wildman–Crippen MR) is 295 cm³/mol. The number of nitrogens with zero attached hydrogens (tertiary/aromatic N) is 5. The van der Waals surface area contributed by atoms with Crippen molar-refractivity contribution in [2.75, 3.05) is 4.90 Å². The Kier molecular flexibility index (Phi) is 18.4. The fourth-order valence-electron chi connectivity index (χ4n) is 7.46. The predicted octanol–water partition coefficient (Wildman–Crippen LogP) is 17.4. The number of para-hydroxylation sites is 3. The summed E-state index contributed by atoms with van der Waals surface area (Å²) >= 11 is 4.86. The van der Waals surface area contributed by atoms with E-state index in [-0.39, 0.29) is 0 Å². The van der Waals surface area contributed by atoms with Gasteiger partial charge in [0.2, 0.25) is 5.95 Å². The molecule has 0 aliphatic heterocycles. The minimum atomic E-state index is 0.521. The lowest BCUT2D eigenvalue weighted by Crippen LogP contribution is -2.16. The number of benzene rings is 8. The van der Waals surface area contributed by atoms with Crippen LogP contribution in [0.25, 0.3) is 50.3 Å². The molecule has 0 aliphatic rings. The van der Waals surface area contributed by atoms with Gasteiger partial charge >= 0.3 is 0 Å². The molecule has 8 aromatic carbocycles. The second-order valence-electron chi connectivity index (χ2n) is 15.8. The molecule has 0 saturated heterocycles. The number of allylic oxidation sites excluding steroid dienone is 3. The summed E-state index contributed by atoms with van der Waals surface area (Å²) < 4.78 is 2.33. The average Bonchev–Trinajstić information content (AvgIpc) is 3.70. The summed E-state index contributed by atoms with van der Waals surface area (Å²) in [5, 5.41) is 2.33. The highest BCUT2D eigenvalue weighted by Crippen LogP contribution is 2.40. The van der Waals surface area contributed by atoms with Crippen molar-refractivity contribution in [2.45, 2.75) is 53.4 Å². The van der Waals surface area contributed by atoms with E-state index >= 15 is 0 Å². The summed E-state index contributed by atoms with van der Waals surface area (Å²) in [5.41, 5.74) is 12.0. The van der Waals surface area contributed by atoms with Gasteiger partial charge in [-0.05, 0) is 101 Å². The molecule has 0 amide bonds. The first kappa shape index (κ1) is 49.6. The highest BCUT2D eigenvalue weighted by atomic mass is 32.1. The van der Waals surface area contributed by atoms with E-state index in [1.54, 1.807) is 6.08 Å². The summed E-state index contributed by atoms with van der Waals surface area (Å²) in [6.45, 7) is 17.8. The van der Waals surface area contributed by atoms with Gasteiger partial charge < -0.3 is 4.57 Å². The monoisotopic (exact) mass is 907 g/mol. The number of thiol groups is 1. The van der Waals surface area contributed by atoms with E-state index in [2.05, 4.69) is 147 Å². The van der Waals surface area contributed by atoms with Gasteiger partial charge in [-0.1, -0.05) is 201 Å². The molecular weight excluding hydrogens is 847 g/mol. The fraction of sp³-hybridized carbons (Fsp3) is 0.113. The van der Waals surface area contributed by atoms with Gasteiger partial charge in [0, 0.05) is 32.5 Å². The lowest BCUT2D eigenvalue weighted by Gasteiger charge is -2.26. The van der Waals surface area contributed by atoms with E-state index in [1.165, 1.54) is 22.1 Å². The number of rotatable bonds is 7. The van der Waals surface area contributed by atoms with E-state index < -0.39 is 0 Å². The molecule has 0 spiro atoms. The van der Waals surface area contributed by atoms with Gasteiger partial charge in [-0.2, -0.15) is 9.97 Å². The highest BCUT2D eigenvalue weighted by Gasteiger charge is 2.23. The first-order valence-electron chi connectivity index (χ1n) is 23.1. The van der Waals surface area contributed by atoms with Crippen molar-refractivity contribution >= 4 is 51.8 Å². The van der Waals surface area contributed by atoms with Crippen molar-refractivity contribution in [3.8, 4) is 28.5 Å². The molecule has 68 heavy (non-hydrogen) atoms. The van der Waals surface area contributed by atoms with Crippen LogP contribution in [-0.4, -0.2) is 19.5 Å². The Balaban J connectivity index is 0.000000300. The Morgan fingerprint density at radius 1 is 0.485 bits per heavy atom. The summed E-state index contributed by atoms with van der Waals surface area (Å²) in [4.78, 5) is 18.3. The summed E-state index contributed by atoms with van der Waals surface area (Å²) in [5.74, 6) is 1.72. The largest absolute Gasteiger partial charge is 0.309 e. The lowest BCUT2D eigenvalue weighted by molar-refractivity contribution is 1.01. The Labute approximate surface area is 409 Å². The second-order valence-corrected chi connectivity index (χ2v) is 16.2. The third-order valence-corrected chi connectivity index (χ3v) is 11.1. The van der Waals surface area contributed by atoms with Crippen LogP contribution in [0.4, 0.5) is 17.3 Å². The molecule has 6 heteroatoms. The third kappa shape index (κ3) is 12.8. The van der Waals surface area contributed by atoms with Crippen LogP contribution in [-0.2, 0) is 0 Å². The van der Waals surface area contributed by atoms with Gasteiger partial charge in [-0.15, -0.1) is 12.6 Å². The first-order valence-corrected chi connectivity index (χ1v) is 23.5. The molecule has 10 rings (SSSR count). The van der Waals surface area contributed by atoms with Crippen LogP contribution in [0.1, 0.15) is 43.0 Å². The minimum absolute atomic E-state index is 0.521. The fourth-order valence-corrected chi connectivity index (χ4v) is 7.72. The van der Waals surface area contributed by atoms with Crippen LogP contribution in [0.15, 0.2) is 236 Å². The number of fused-ring (bicyclic) bond motifs is 3. The topological polar surface area (TPSA) is 46.8 Å². The number of anilines is 3. The molecule has 5 nitrogen and oxygen atoms in total. The first-order chi connectivity index (χ1) is 33.2. The van der Waals surface area contributed by atoms with Crippen molar-refractivity contribution < 1.29 is 0 Å². The molecular formula is C62H61N5S. The molecule has 340 valence electrons. The maximum absolute atomic E-state index is 5.20. The molecule has 0 radical (unpaired) electrons. The molecule has 2 aromatic heterocycles. The van der Waals surface area contributed by atoms with Gasteiger partial charge in [0.05, 0.1) is 22.4 Å². The SMILES string of the molecule is C=C/C=C\C.CC.Cc1ccc2c(c1)c1cc(-c3nc(-c4ccccc4)nc(N(c4ccccc4C)c4ccccc4S)n3)ccc1n2-c1ccccc1.Cc1ccccc1.Cc1ccccc1. The van der Waals surface area contributed by atoms with E-state index in [0.717, 1.165) is 55.1 Å². The molecule has 0 aliphatic carbocycles. The maximum atomic E-state index is 5.20. The highest BCUT2D eigenvalue weighted by molar-refractivity contribution is 7.80. The molecule has 2 heterocycles. The van der Waals surface area contributed by atoms with E-state index in [9.17, 15) is 0 Å². The molecule has 0 saturated carbocycles. The molecule has 0 atom stereocenters. The Hall–Kier alpha value is -7.80. The number of hydrogen-bond donors (Lipinski definition) is 1. The zero-order valence-electron chi connectivity index (χ0n) is 40.3. The Bertz CT molecular complexity index is 3080. The summed E-state index contributed by atoms with van der Waals surface area (Å²) in [6, 6.07) is 70.6. The average molecular weight is 908 g/mol. The lowest BCUT2D eigenvalue weighted by atomic mass is 10.1. The Morgan fingerprint density at radius 2 is 0.971 bits per heavy atom. The zero-order valence-corrected chi connectivity index (χ0v) is 41.1. The van der Waals surface area contributed by atoms with Crippen molar-refractivity contribution in [1.29, 1.82) is 0 Å². The van der Waals surface area contributed by atoms with Crippen LogP contribution >= 0.6 is 12.6 Å². The minimum Gasteiger partial charge on any atom is -0.309 e. The van der Waals surface area contributed by atoms with E-state index in [0.29, 0.717) is 17.6 Å². The van der Waals surface area contributed by atoms with Crippen LogP contribution in [0.2, 0.25) is 0 Å². The molecule has 0 unspecified atom stereocenters. The van der Waals surface area contributed by atoms with Gasteiger partial charge in [-0.25, -0.2) is 4.98 Å². The molecule has 10 aromatic rings. The summed E-state index contributed by atoms with van der Waals surface area (Å²) in [6.07, 6.45) is 5.58. The van der Waals surface area contributed by atoms with Crippen LogP contribution < -0.4 is 4.90 Å². The van der Waals surface area contributed by atoms with Crippen molar-refractivity contribution in [2.24, 2.45) is 0 Å². The number of aromatic nitrogens is 4. The van der Waals surface area contributed by atoms with Crippen LogP contribution in [0.5, 0.6) is 0 Å². The smallest absolute Gasteiger partial charge is 0.238 e. The van der Waals surface area contributed by atoms with E-state index in [1.807, 2.05) is 136 Å². The van der Waals surface area contributed by atoms with Gasteiger partial charge in [0.1, 0.15) is 0 Å². The number of hydrogen-bond acceptors (Lipinski definition) is 5. The van der Waals surface area contributed by atoms with Crippen molar-refractivity contribution in [3.63, 3.8) is 0 Å². The standard InChI is InChI=1S/C41H31N5S.2C7H8.C5H8.C2H6/c1-27-21-23-35-32(25-27)33-26-30(22-24-36(33)45(35)31-16-7-4-8-17-31)40-42-39(29-14-5-3-6-15-29)43-41(44-40)46(34-18-10-9-13-28(34)2)37-19-11-12-20-38(37)47;2*1-7-5-3-2-4-6-7;1-3-5-4-2;1-2/h3-26,47H,1-2H3;2*2-6H,1H3;3-5H,1H2,2H3;1-2H3/b;;;5-4-;. The summed E-state index contributed by atoms with van der Waals surface area (Å²) in [7, 11) is 0. The quantitative estimate of drug-likeness (QED) is 0.128. The van der Waals surface area contributed by atoms with Gasteiger partial charge in [0.25, 0.3) is 0 Å². The van der Waals surface area contributed by atoms with Crippen LogP contribution in [0.3, 0.4) is 0 Å². The van der Waals surface area contributed by atoms with Gasteiger partial charge in [0.15, 0.2) is 11.6 Å². The van der Waals surface area contributed by atoms with E-state index in [4.69, 9.17) is 27.6 Å². The third-order valence-electron chi connectivity index (χ3n) is 10.7. The van der Waals surface area contributed by atoms with Crippen molar-refractivity contribution in [3.05, 3.63) is 253 Å². The van der Waals surface area contributed by atoms with Crippen molar-refractivity contribution in [1.82, 2.24) is 19.5 Å². The Morgan fingerprint density at radius 3 is 1.49 bits per heavy atom. The molecule has 0 bridgehead atoms. The van der Waals surface area contributed by atoms with Gasteiger partial charge in [-0.3, -0.25) is 4.90 Å². The second kappa shape index (κ2) is 25.2. The molecule has 0 fully saturated rings. The zero-order chi connectivity index (χ0) is 48.3. The normalized spacial score (nSPS) is 10.4. The number of aryl methyl sites for hydroxylation is 4. The molecule has 0 N–H and O–H groups in total. The van der Waals surface area contributed by atoms with Crippen LogP contribution in [0, 0.1) is 27.7 Å². The maximum Gasteiger partial charge on any atom is 0.238 e.